The van der Waals surface area contributed by atoms with Gasteiger partial charge < -0.3 is 20.3 Å². The Morgan fingerprint density at radius 2 is 0.712 bits per heavy atom. The molecule has 0 aromatic rings. The molecule has 1 amide bonds. The van der Waals surface area contributed by atoms with Gasteiger partial charge >= 0.3 is 5.97 Å². The molecule has 392 valence electrons. The number of hydrogen-bond donors (Lipinski definition) is 3. The van der Waals surface area contributed by atoms with Crippen molar-refractivity contribution in [2.45, 2.75) is 347 Å². The number of hydrogen-bond acceptors (Lipinski definition) is 5. The van der Waals surface area contributed by atoms with Crippen LogP contribution in [0.5, 0.6) is 0 Å². The van der Waals surface area contributed by atoms with Crippen molar-refractivity contribution in [1.82, 2.24) is 5.32 Å². The average Bonchev–Trinajstić information content (AvgIpc) is 3.32. The second-order valence-corrected chi connectivity index (χ2v) is 20.7. The summed E-state index contributed by atoms with van der Waals surface area (Å²) in [7, 11) is 0. The van der Waals surface area contributed by atoms with Gasteiger partial charge in [-0.3, -0.25) is 9.59 Å². The largest absolute Gasteiger partial charge is 0.466 e. The van der Waals surface area contributed by atoms with Gasteiger partial charge in [-0.05, 0) is 51.4 Å². The maximum absolute atomic E-state index is 12.4. The Morgan fingerprint density at radius 3 is 1.08 bits per heavy atom. The Kier molecular flexibility index (Phi) is 55.0. The molecule has 0 rings (SSSR count). The lowest BCUT2D eigenvalue weighted by Gasteiger charge is -2.22. The van der Waals surface area contributed by atoms with Gasteiger partial charge in [-0.2, -0.15) is 0 Å². The second-order valence-electron chi connectivity index (χ2n) is 20.7. The normalized spacial score (nSPS) is 12.6. The summed E-state index contributed by atoms with van der Waals surface area (Å²) in [6.07, 6.45) is 66.5. The first-order chi connectivity index (χ1) is 32.5. The number of rotatable bonds is 56. The number of aliphatic hydroxyl groups is 2. The zero-order valence-electron chi connectivity index (χ0n) is 44.7. The fourth-order valence-corrected chi connectivity index (χ4v) is 9.46. The molecule has 0 aliphatic carbocycles. The van der Waals surface area contributed by atoms with Gasteiger partial charge in [0, 0.05) is 12.8 Å². The molecule has 0 aromatic carbocycles. The third-order valence-corrected chi connectivity index (χ3v) is 14.1. The molecule has 0 heterocycles. The van der Waals surface area contributed by atoms with E-state index in [0.29, 0.717) is 25.9 Å². The summed E-state index contributed by atoms with van der Waals surface area (Å²) in [6.45, 7) is 4.94. The van der Waals surface area contributed by atoms with E-state index in [9.17, 15) is 19.8 Å². The Balaban J connectivity index is 3.33. The monoisotopic (exact) mass is 932 g/mol. The van der Waals surface area contributed by atoms with E-state index in [-0.39, 0.29) is 18.5 Å². The lowest BCUT2D eigenvalue weighted by atomic mass is 10.0. The Bertz CT molecular complexity index is 986. The van der Waals surface area contributed by atoms with Crippen LogP contribution in [-0.4, -0.2) is 47.4 Å². The van der Waals surface area contributed by atoms with Crippen LogP contribution in [0.1, 0.15) is 335 Å². The third-order valence-electron chi connectivity index (χ3n) is 14.1. The molecule has 6 heteroatoms. The molecule has 0 aliphatic heterocycles. The predicted octanol–water partition coefficient (Wildman–Crippen LogP) is 18.5. The van der Waals surface area contributed by atoms with Crippen LogP contribution < -0.4 is 5.32 Å². The Hall–Kier alpha value is -1.40. The summed E-state index contributed by atoms with van der Waals surface area (Å²) < 4.78 is 5.48. The van der Waals surface area contributed by atoms with Crippen molar-refractivity contribution in [2.24, 2.45) is 0 Å². The molecule has 2 unspecified atom stereocenters. The molecule has 3 N–H and O–H groups in total. The van der Waals surface area contributed by atoms with Crippen molar-refractivity contribution in [2.75, 3.05) is 13.2 Å². The molecule has 0 bridgehead atoms. The first kappa shape index (κ1) is 64.6. The number of aliphatic hydroxyl groups excluding tert-OH is 2. The minimum Gasteiger partial charge on any atom is -0.466 e. The van der Waals surface area contributed by atoms with Crippen LogP contribution in [0, 0.1) is 0 Å². The maximum atomic E-state index is 12.4. The fraction of sp³-hybridized carbons (Fsp3) is 0.933. The van der Waals surface area contributed by atoms with E-state index in [0.717, 1.165) is 44.9 Å². The molecule has 0 spiro atoms. The van der Waals surface area contributed by atoms with Gasteiger partial charge in [0.05, 0.1) is 25.4 Å². The topological polar surface area (TPSA) is 95.9 Å². The zero-order valence-corrected chi connectivity index (χ0v) is 44.7. The van der Waals surface area contributed by atoms with Crippen molar-refractivity contribution in [1.29, 1.82) is 0 Å². The van der Waals surface area contributed by atoms with Gasteiger partial charge in [-0.25, -0.2) is 0 Å². The highest BCUT2D eigenvalue weighted by Crippen LogP contribution is 2.18. The first-order valence-corrected chi connectivity index (χ1v) is 29.9. The minimum atomic E-state index is -0.660. The van der Waals surface area contributed by atoms with E-state index in [1.165, 1.54) is 257 Å². The number of unbranched alkanes of at least 4 members (excludes halogenated alkanes) is 43. The molecule has 0 radical (unpaired) electrons. The number of carbonyl (C=O) groups excluding carboxylic acids is 2. The van der Waals surface area contributed by atoms with Crippen LogP contribution >= 0.6 is 0 Å². The minimum absolute atomic E-state index is 0.00817. The van der Waals surface area contributed by atoms with Crippen LogP contribution in [0.2, 0.25) is 0 Å². The highest BCUT2D eigenvalue weighted by molar-refractivity contribution is 5.76. The molecule has 6 nitrogen and oxygen atoms in total. The summed E-state index contributed by atoms with van der Waals surface area (Å²) in [4.78, 5) is 24.5. The van der Waals surface area contributed by atoms with Crippen LogP contribution in [0.4, 0.5) is 0 Å². The molecule has 2 atom stereocenters. The fourth-order valence-electron chi connectivity index (χ4n) is 9.46. The van der Waals surface area contributed by atoms with Crippen molar-refractivity contribution in [3.05, 3.63) is 12.2 Å². The zero-order chi connectivity index (χ0) is 47.9. The third kappa shape index (κ3) is 52.0. The summed E-state index contributed by atoms with van der Waals surface area (Å²) in [5, 5.41) is 23.1. The van der Waals surface area contributed by atoms with Gasteiger partial charge in [0.2, 0.25) is 5.91 Å². The smallest absolute Gasteiger partial charge is 0.305 e. The average molecular weight is 933 g/mol. The van der Waals surface area contributed by atoms with Gasteiger partial charge in [0.15, 0.2) is 0 Å². The molecule has 0 saturated heterocycles. The van der Waals surface area contributed by atoms with Crippen molar-refractivity contribution < 1.29 is 24.5 Å². The van der Waals surface area contributed by atoms with Gasteiger partial charge in [-0.1, -0.05) is 283 Å². The standard InChI is InChI=1S/C60H117NO5/c1-3-5-7-9-11-13-15-16-31-34-38-42-46-50-54-60(65)66-55-51-47-43-39-35-32-29-27-25-23-21-19-17-18-20-22-24-26-28-30-33-37-41-45-49-53-59(64)61-57(56-62)58(63)52-48-44-40-36-14-12-10-8-6-4-2/h15-16,57-58,62-63H,3-14,17-56H2,1-2H3,(H,61,64)/b16-15-. The quantitative estimate of drug-likeness (QED) is 0.0321. The lowest BCUT2D eigenvalue weighted by molar-refractivity contribution is -0.143. The maximum Gasteiger partial charge on any atom is 0.305 e. The molecule has 0 aromatic heterocycles. The van der Waals surface area contributed by atoms with Crippen LogP contribution in [0.25, 0.3) is 0 Å². The number of nitrogens with one attached hydrogen (secondary N) is 1. The number of ether oxygens (including phenoxy) is 1. The summed E-state index contributed by atoms with van der Waals surface area (Å²) in [6, 6.07) is -0.537. The van der Waals surface area contributed by atoms with E-state index in [2.05, 4.69) is 31.3 Å². The van der Waals surface area contributed by atoms with Crippen LogP contribution in [0.15, 0.2) is 12.2 Å². The number of carbonyl (C=O) groups is 2. The van der Waals surface area contributed by atoms with Gasteiger partial charge in [-0.15, -0.1) is 0 Å². The molecule has 66 heavy (non-hydrogen) atoms. The SMILES string of the molecule is CCCCCCC/C=C\CCCCCCCC(=O)OCCCCCCCCCCCCCCCCCCCCCCCCCCCC(=O)NC(CO)C(O)CCCCCCCCCCCC. The summed E-state index contributed by atoms with van der Waals surface area (Å²) >= 11 is 0. The van der Waals surface area contributed by atoms with Crippen LogP contribution in [-0.2, 0) is 14.3 Å². The van der Waals surface area contributed by atoms with E-state index in [1.807, 2.05) is 0 Å². The van der Waals surface area contributed by atoms with Gasteiger partial charge in [0.25, 0.3) is 0 Å². The molecular formula is C60H117NO5. The predicted molar refractivity (Wildman–Crippen MR) is 287 cm³/mol. The highest BCUT2D eigenvalue weighted by Gasteiger charge is 2.20. The summed E-state index contributed by atoms with van der Waals surface area (Å²) in [5.74, 6) is -0.0255. The molecule has 0 aliphatic rings. The molecule has 0 saturated carbocycles. The molecular weight excluding hydrogens is 815 g/mol. The van der Waals surface area contributed by atoms with Gasteiger partial charge in [0.1, 0.15) is 0 Å². The van der Waals surface area contributed by atoms with Crippen molar-refractivity contribution >= 4 is 11.9 Å². The summed E-state index contributed by atoms with van der Waals surface area (Å²) in [5.41, 5.74) is 0. The number of allylic oxidation sites excluding steroid dienone is 2. The van der Waals surface area contributed by atoms with E-state index in [1.54, 1.807) is 0 Å². The lowest BCUT2D eigenvalue weighted by Crippen LogP contribution is -2.45. The van der Waals surface area contributed by atoms with E-state index in [4.69, 9.17) is 4.74 Å². The van der Waals surface area contributed by atoms with E-state index < -0.39 is 12.1 Å². The number of esters is 1. The molecule has 0 fully saturated rings. The highest BCUT2D eigenvalue weighted by atomic mass is 16.5. The Labute approximate surface area is 412 Å². The Morgan fingerprint density at radius 1 is 0.409 bits per heavy atom. The second kappa shape index (κ2) is 56.2. The van der Waals surface area contributed by atoms with E-state index >= 15 is 0 Å². The van der Waals surface area contributed by atoms with Crippen molar-refractivity contribution in [3.63, 3.8) is 0 Å². The first-order valence-electron chi connectivity index (χ1n) is 29.9. The van der Waals surface area contributed by atoms with Crippen LogP contribution in [0.3, 0.4) is 0 Å². The van der Waals surface area contributed by atoms with Crippen molar-refractivity contribution in [3.8, 4) is 0 Å². The number of amides is 1.